The predicted molar refractivity (Wildman–Crippen MR) is 77.9 cm³/mol. The number of sulfonamides is 1. The van der Waals surface area contributed by atoms with Crippen LogP contribution < -0.4 is 4.72 Å². The highest BCUT2D eigenvalue weighted by Gasteiger charge is 2.23. The fourth-order valence-electron chi connectivity index (χ4n) is 1.74. The SMILES string of the molecule is CC(C)CCCCNS(=O)(=O)c1c(F)cc(F)cc1Br. The van der Waals surface area contributed by atoms with Gasteiger partial charge in [0.25, 0.3) is 0 Å². The second-order valence-electron chi connectivity index (χ2n) is 4.99. The Hall–Kier alpha value is -0.530. The molecule has 20 heavy (non-hydrogen) atoms. The second kappa shape index (κ2) is 7.47. The lowest BCUT2D eigenvalue weighted by Gasteiger charge is -2.10. The summed E-state index contributed by atoms with van der Waals surface area (Å²) in [6.45, 7) is 4.42. The number of benzene rings is 1. The number of rotatable bonds is 7. The van der Waals surface area contributed by atoms with Crippen LogP contribution in [0.15, 0.2) is 21.5 Å². The molecule has 0 atom stereocenters. The molecule has 0 radical (unpaired) electrons. The van der Waals surface area contributed by atoms with E-state index < -0.39 is 26.6 Å². The molecule has 0 amide bonds. The summed E-state index contributed by atoms with van der Waals surface area (Å²) in [6, 6.07) is 1.48. The molecule has 1 aromatic rings. The third kappa shape index (κ3) is 5.10. The van der Waals surface area contributed by atoms with Crippen LogP contribution in [-0.4, -0.2) is 15.0 Å². The molecule has 3 nitrogen and oxygen atoms in total. The van der Waals surface area contributed by atoms with E-state index in [9.17, 15) is 17.2 Å². The zero-order chi connectivity index (χ0) is 15.3. The van der Waals surface area contributed by atoms with Gasteiger partial charge in [-0.25, -0.2) is 21.9 Å². The molecule has 114 valence electrons. The summed E-state index contributed by atoms with van der Waals surface area (Å²) in [5.41, 5.74) is 0. The third-order valence-corrected chi connectivity index (χ3v) is 5.16. The van der Waals surface area contributed by atoms with Crippen molar-refractivity contribution in [2.24, 2.45) is 5.92 Å². The van der Waals surface area contributed by atoms with E-state index in [0.717, 1.165) is 18.9 Å². The molecule has 0 saturated carbocycles. The van der Waals surface area contributed by atoms with E-state index in [4.69, 9.17) is 0 Å². The van der Waals surface area contributed by atoms with Gasteiger partial charge in [-0.05, 0) is 34.3 Å². The molecule has 0 saturated heterocycles. The van der Waals surface area contributed by atoms with Crippen LogP contribution in [0.3, 0.4) is 0 Å². The van der Waals surface area contributed by atoms with Gasteiger partial charge in [-0.1, -0.05) is 26.7 Å². The summed E-state index contributed by atoms with van der Waals surface area (Å²) in [5.74, 6) is -1.37. The molecule has 0 aliphatic carbocycles. The molecule has 1 rings (SSSR count). The maximum absolute atomic E-state index is 13.6. The first-order valence-corrected chi connectivity index (χ1v) is 8.66. The zero-order valence-corrected chi connectivity index (χ0v) is 13.8. The summed E-state index contributed by atoms with van der Waals surface area (Å²) >= 11 is 2.88. The fraction of sp³-hybridized carbons (Fsp3) is 0.538. The zero-order valence-electron chi connectivity index (χ0n) is 11.4. The van der Waals surface area contributed by atoms with Gasteiger partial charge in [0.05, 0.1) is 0 Å². The number of unbranched alkanes of at least 4 members (excludes halogenated alkanes) is 1. The van der Waals surface area contributed by atoms with Gasteiger partial charge in [0, 0.05) is 17.1 Å². The number of nitrogens with one attached hydrogen (secondary N) is 1. The molecule has 1 aromatic carbocycles. The van der Waals surface area contributed by atoms with Crippen LogP contribution in [-0.2, 0) is 10.0 Å². The lowest BCUT2D eigenvalue weighted by molar-refractivity contribution is 0.524. The minimum atomic E-state index is -3.98. The average Bonchev–Trinajstić information content (AvgIpc) is 2.25. The number of hydrogen-bond acceptors (Lipinski definition) is 2. The monoisotopic (exact) mass is 369 g/mol. The first-order valence-electron chi connectivity index (χ1n) is 6.38. The molecule has 0 bridgehead atoms. The van der Waals surface area contributed by atoms with Crippen LogP contribution in [0.4, 0.5) is 8.78 Å². The Morgan fingerprint density at radius 1 is 1.25 bits per heavy atom. The van der Waals surface area contributed by atoms with Crippen LogP contribution in [0.1, 0.15) is 33.1 Å². The van der Waals surface area contributed by atoms with Crippen LogP contribution in [0, 0.1) is 17.6 Å². The summed E-state index contributed by atoms with van der Waals surface area (Å²) in [5, 5.41) is 0. The van der Waals surface area contributed by atoms with E-state index in [1.807, 2.05) is 0 Å². The van der Waals surface area contributed by atoms with Crippen LogP contribution in [0.5, 0.6) is 0 Å². The Kier molecular flexibility index (Phi) is 6.54. The van der Waals surface area contributed by atoms with Crippen molar-refractivity contribution >= 4 is 26.0 Å². The molecule has 0 aliphatic heterocycles. The standard InChI is InChI=1S/C13H18BrF2NO2S/c1-9(2)5-3-4-6-17-20(18,19)13-11(14)7-10(15)8-12(13)16/h7-9,17H,3-6H2,1-2H3. The maximum Gasteiger partial charge on any atom is 0.244 e. The Balaban J connectivity index is 2.70. The molecule has 0 fully saturated rings. The van der Waals surface area contributed by atoms with Crippen molar-refractivity contribution in [1.29, 1.82) is 0 Å². The van der Waals surface area contributed by atoms with Crippen LogP contribution >= 0.6 is 15.9 Å². The smallest absolute Gasteiger partial charge is 0.211 e. The highest BCUT2D eigenvalue weighted by atomic mass is 79.9. The second-order valence-corrected chi connectivity index (χ2v) is 7.54. The third-order valence-electron chi connectivity index (χ3n) is 2.73. The minimum absolute atomic E-state index is 0.121. The van der Waals surface area contributed by atoms with Gasteiger partial charge in [0.2, 0.25) is 10.0 Å². The summed E-state index contributed by atoms with van der Waals surface area (Å²) in [7, 11) is -3.98. The molecule has 0 spiro atoms. The summed E-state index contributed by atoms with van der Waals surface area (Å²) in [6.07, 6.45) is 2.58. The van der Waals surface area contributed by atoms with Crippen LogP contribution in [0.25, 0.3) is 0 Å². The highest BCUT2D eigenvalue weighted by molar-refractivity contribution is 9.10. The van der Waals surface area contributed by atoms with E-state index in [1.165, 1.54) is 0 Å². The van der Waals surface area contributed by atoms with Crippen molar-refractivity contribution in [3.05, 3.63) is 28.2 Å². The summed E-state index contributed by atoms with van der Waals surface area (Å²) < 4.78 is 52.7. The minimum Gasteiger partial charge on any atom is -0.211 e. The van der Waals surface area contributed by atoms with Crippen molar-refractivity contribution in [1.82, 2.24) is 4.72 Å². The first kappa shape index (κ1) is 17.5. The Labute approximate surface area is 126 Å². The molecule has 7 heteroatoms. The predicted octanol–water partition coefficient (Wildman–Crippen LogP) is 3.83. The topological polar surface area (TPSA) is 46.2 Å². The van der Waals surface area contributed by atoms with E-state index in [0.29, 0.717) is 18.4 Å². The van der Waals surface area contributed by atoms with Crippen molar-refractivity contribution in [3.8, 4) is 0 Å². The quantitative estimate of drug-likeness (QED) is 0.742. The van der Waals surface area contributed by atoms with Crippen molar-refractivity contribution in [3.63, 3.8) is 0 Å². The van der Waals surface area contributed by atoms with Gasteiger partial charge < -0.3 is 0 Å². The van der Waals surface area contributed by atoms with Gasteiger partial charge in [-0.3, -0.25) is 0 Å². The number of halogens is 3. The Bertz CT molecular complexity index is 538. The Morgan fingerprint density at radius 3 is 2.45 bits per heavy atom. The summed E-state index contributed by atoms with van der Waals surface area (Å²) in [4.78, 5) is -0.553. The van der Waals surface area contributed by atoms with Crippen molar-refractivity contribution in [2.75, 3.05) is 6.54 Å². The van der Waals surface area contributed by atoms with Gasteiger partial charge in [0.1, 0.15) is 16.5 Å². The van der Waals surface area contributed by atoms with Crippen LogP contribution in [0.2, 0.25) is 0 Å². The van der Waals surface area contributed by atoms with E-state index in [-0.39, 0.29) is 11.0 Å². The fourth-order valence-corrected chi connectivity index (χ4v) is 3.98. The maximum atomic E-state index is 13.6. The van der Waals surface area contributed by atoms with Gasteiger partial charge >= 0.3 is 0 Å². The molecular formula is C13H18BrF2NO2S. The van der Waals surface area contributed by atoms with Crippen molar-refractivity contribution < 1.29 is 17.2 Å². The van der Waals surface area contributed by atoms with Crippen molar-refractivity contribution in [2.45, 2.75) is 38.0 Å². The molecular weight excluding hydrogens is 352 g/mol. The highest BCUT2D eigenvalue weighted by Crippen LogP contribution is 2.26. The van der Waals surface area contributed by atoms with Gasteiger partial charge in [0.15, 0.2) is 0 Å². The normalized spacial score (nSPS) is 12.1. The largest absolute Gasteiger partial charge is 0.244 e. The molecule has 0 aromatic heterocycles. The Morgan fingerprint density at radius 2 is 1.90 bits per heavy atom. The van der Waals surface area contributed by atoms with E-state index in [2.05, 4.69) is 34.5 Å². The first-order chi connectivity index (χ1) is 9.24. The van der Waals surface area contributed by atoms with Gasteiger partial charge in [-0.2, -0.15) is 0 Å². The molecule has 0 heterocycles. The molecule has 0 aliphatic rings. The number of hydrogen-bond donors (Lipinski definition) is 1. The van der Waals surface area contributed by atoms with E-state index in [1.54, 1.807) is 0 Å². The van der Waals surface area contributed by atoms with Gasteiger partial charge in [-0.15, -0.1) is 0 Å². The lowest BCUT2D eigenvalue weighted by Crippen LogP contribution is -2.26. The average molecular weight is 370 g/mol. The molecule has 1 N–H and O–H groups in total. The lowest BCUT2D eigenvalue weighted by atomic mass is 10.1. The van der Waals surface area contributed by atoms with E-state index >= 15 is 0 Å². The molecule has 0 unspecified atom stereocenters.